The summed E-state index contributed by atoms with van der Waals surface area (Å²) in [6.45, 7) is 6.61. The lowest BCUT2D eigenvalue weighted by Crippen LogP contribution is -2.10. The summed E-state index contributed by atoms with van der Waals surface area (Å²) in [4.78, 5) is 10.3. The number of carboxylic acids is 1. The Morgan fingerprint density at radius 1 is 1.20 bits per heavy atom. The zero-order valence-electron chi connectivity index (χ0n) is 10.1. The molecular formula is C12H24O3. The van der Waals surface area contributed by atoms with Crippen molar-refractivity contribution in [3.8, 4) is 0 Å². The van der Waals surface area contributed by atoms with Crippen LogP contribution in [0.4, 0.5) is 0 Å². The molecule has 90 valence electrons. The van der Waals surface area contributed by atoms with Gasteiger partial charge in [0.05, 0.1) is 6.10 Å². The molecule has 0 fully saturated rings. The molecule has 0 aromatic carbocycles. The van der Waals surface area contributed by atoms with Crippen molar-refractivity contribution >= 4 is 5.97 Å². The maximum absolute atomic E-state index is 10.3. The number of unbranched alkanes of at least 4 members (excludes halogenated alkanes) is 1. The lowest BCUT2D eigenvalue weighted by Gasteiger charge is -2.18. The number of hydrogen-bond donors (Lipinski definition) is 2. The van der Waals surface area contributed by atoms with E-state index in [0.29, 0.717) is 11.8 Å². The molecule has 0 aromatic heterocycles. The number of rotatable bonds is 7. The Labute approximate surface area is 92.5 Å². The second-order valence-corrected chi connectivity index (χ2v) is 5.39. The van der Waals surface area contributed by atoms with E-state index in [9.17, 15) is 9.90 Å². The first-order chi connectivity index (χ1) is 6.81. The lowest BCUT2D eigenvalue weighted by atomic mass is 9.89. The van der Waals surface area contributed by atoms with Gasteiger partial charge in [-0.2, -0.15) is 0 Å². The summed E-state index contributed by atoms with van der Waals surface area (Å²) in [5.41, 5.74) is 0.353. The van der Waals surface area contributed by atoms with Crippen LogP contribution in [-0.2, 0) is 4.79 Å². The number of aliphatic hydroxyl groups is 1. The predicted octanol–water partition coefficient (Wildman–Crippen LogP) is 2.82. The van der Waals surface area contributed by atoms with E-state index in [1.807, 2.05) is 0 Å². The molecule has 0 rings (SSSR count). The van der Waals surface area contributed by atoms with Crippen LogP contribution in [0, 0.1) is 5.41 Å². The first-order valence-corrected chi connectivity index (χ1v) is 5.71. The van der Waals surface area contributed by atoms with Crippen molar-refractivity contribution in [2.75, 3.05) is 0 Å². The monoisotopic (exact) mass is 216 g/mol. The molecule has 0 spiro atoms. The Morgan fingerprint density at radius 3 is 2.27 bits per heavy atom. The molecule has 3 nitrogen and oxygen atoms in total. The van der Waals surface area contributed by atoms with Crippen LogP contribution in [0.25, 0.3) is 0 Å². The van der Waals surface area contributed by atoms with E-state index in [0.717, 1.165) is 25.7 Å². The predicted molar refractivity (Wildman–Crippen MR) is 60.8 cm³/mol. The van der Waals surface area contributed by atoms with Crippen LogP contribution < -0.4 is 0 Å². The summed E-state index contributed by atoms with van der Waals surface area (Å²) < 4.78 is 0. The van der Waals surface area contributed by atoms with Gasteiger partial charge in [0.1, 0.15) is 0 Å². The largest absolute Gasteiger partial charge is 0.481 e. The molecule has 2 N–H and O–H groups in total. The molecule has 1 atom stereocenters. The van der Waals surface area contributed by atoms with E-state index in [1.165, 1.54) is 0 Å². The average Bonchev–Trinajstić information content (AvgIpc) is 2.07. The highest BCUT2D eigenvalue weighted by molar-refractivity contribution is 5.66. The highest BCUT2D eigenvalue weighted by atomic mass is 16.4. The fraction of sp³-hybridized carbons (Fsp3) is 0.917. The van der Waals surface area contributed by atoms with Gasteiger partial charge in [-0.3, -0.25) is 4.79 Å². The number of aliphatic hydroxyl groups excluding tert-OH is 1. The van der Waals surface area contributed by atoms with Crippen molar-refractivity contribution in [2.45, 2.75) is 65.4 Å². The summed E-state index contributed by atoms with van der Waals surface area (Å²) in [6, 6.07) is 0. The zero-order valence-corrected chi connectivity index (χ0v) is 10.1. The Kier molecular flexibility index (Phi) is 6.57. The minimum absolute atomic E-state index is 0.0699. The molecule has 15 heavy (non-hydrogen) atoms. The highest BCUT2D eigenvalue weighted by Gasteiger charge is 2.11. The Balaban J connectivity index is 3.39. The molecule has 0 aliphatic heterocycles. The molecule has 0 aromatic rings. The minimum Gasteiger partial charge on any atom is -0.481 e. The molecule has 3 heteroatoms. The molecule has 1 unspecified atom stereocenters. The third-order valence-corrected chi connectivity index (χ3v) is 2.41. The van der Waals surface area contributed by atoms with E-state index in [4.69, 9.17) is 5.11 Å². The van der Waals surface area contributed by atoms with Crippen LogP contribution in [0.3, 0.4) is 0 Å². The molecule has 0 saturated carbocycles. The second kappa shape index (κ2) is 6.83. The van der Waals surface area contributed by atoms with Crippen LogP contribution in [0.2, 0.25) is 0 Å². The van der Waals surface area contributed by atoms with E-state index in [-0.39, 0.29) is 6.42 Å². The van der Waals surface area contributed by atoms with Gasteiger partial charge in [-0.25, -0.2) is 0 Å². The smallest absolute Gasteiger partial charge is 0.303 e. The molecule has 0 amide bonds. The van der Waals surface area contributed by atoms with Gasteiger partial charge in [0.2, 0.25) is 0 Å². The maximum atomic E-state index is 10.3. The summed E-state index contributed by atoms with van der Waals surface area (Å²) >= 11 is 0. The van der Waals surface area contributed by atoms with Crippen molar-refractivity contribution in [1.29, 1.82) is 0 Å². The Bertz CT molecular complexity index is 182. The number of aliphatic carboxylic acids is 1. The van der Waals surface area contributed by atoms with Crippen molar-refractivity contribution in [3.63, 3.8) is 0 Å². The third-order valence-electron chi connectivity index (χ3n) is 2.41. The van der Waals surface area contributed by atoms with Gasteiger partial charge in [0.15, 0.2) is 0 Å². The summed E-state index contributed by atoms with van der Waals surface area (Å²) in [5, 5.41) is 17.9. The summed E-state index contributed by atoms with van der Waals surface area (Å²) in [6.07, 6.45) is 3.97. The third kappa shape index (κ3) is 11.4. The quantitative estimate of drug-likeness (QED) is 0.643. The Hall–Kier alpha value is -0.570. The standard InChI is InChI=1S/C12H24O3/c1-12(2,3)9-5-4-6-10(13)7-8-11(14)15/h10,13H,4-9H2,1-3H3,(H,14,15). The second-order valence-electron chi connectivity index (χ2n) is 5.39. The number of carbonyl (C=O) groups is 1. The average molecular weight is 216 g/mol. The molecule has 0 bridgehead atoms. The van der Waals surface area contributed by atoms with E-state index in [2.05, 4.69) is 20.8 Å². The van der Waals surface area contributed by atoms with Gasteiger partial charge in [0, 0.05) is 6.42 Å². The molecule has 0 aliphatic rings. The summed E-state index contributed by atoms with van der Waals surface area (Å²) in [5.74, 6) is -0.830. The van der Waals surface area contributed by atoms with Crippen molar-refractivity contribution < 1.29 is 15.0 Å². The van der Waals surface area contributed by atoms with Gasteiger partial charge in [-0.15, -0.1) is 0 Å². The van der Waals surface area contributed by atoms with Crippen LogP contribution in [-0.4, -0.2) is 22.3 Å². The normalized spacial score (nSPS) is 13.9. The van der Waals surface area contributed by atoms with Gasteiger partial charge in [-0.05, 0) is 24.7 Å². The topological polar surface area (TPSA) is 57.5 Å². The fourth-order valence-corrected chi connectivity index (χ4v) is 1.47. The first-order valence-electron chi connectivity index (χ1n) is 5.71. The van der Waals surface area contributed by atoms with Gasteiger partial charge in [-0.1, -0.05) is 33.6 Å². The van der Waals surface area contributed by atoms with Crippen molar-refractivity contribution in [3.05, 3.63) is 0 Å². The molecular weight excluding hydrogens is 192 g/mol. The van der Waals surface area contributed by atoms with Crippen molar-refractivity contribution in [1.82, 2.24) is 0 Å². The lowest BCUT2D eigenvalue weighted by molar-refractivity contribution is -0.137. The number of carboxylic acid groups (broad SMARTS) is 1. The fourth-order valence-electron chi connectivity index (χ4n) is 1.47. The molecule has 0 heterocycles. The number of hydrogen-bond acceptors (Lipinski definition) is 2. The van der Waals surface area contributed by atoms with Crippen LogP contribution in [0.15, 0.2) is 0 Å². The maximum Gasteiger partial charge on any atom is 0.303 e. The van der Waals surface area contributed by atoms with Crippen LogP contribution in [0.5, 0.6) is 0 Å². The van der Waals surface area contributed by atoms with Crippen molar-refractivity contribution in [2.24, 2.45) is 5.41 Å². The SMILES string of the molecule is CC(C)(C)CCCCC(O)CCC(=O)O. The minimum atomic E-state index is -0.830. The molecule has 0 radical (unpaired) electrons. The highest BCUT2D eigenvalue weighted by Crippen LogP contribution is 2.22. The van der Waals surface area contributed by atoms with Gasteiger partial charge >= 0.3 is 5.97 Å². The van der Waals surface area contributed by atoms with E-state index < -0.39 is 12.1 Å². The van der Waals surface area contributed by atoms with Gasteiger partial charge in [0.25, 0.3) is 0 Å². The van der Waals surface area contributed by atoms with Crippen LogP contribution in [0.1, 0.15) is 59.3 Å². The van der Waals surface area contributed by atoms with Crippen LogP contribution >= 0.6 is 0 Å². The van der Waals surface area contributed by atoms with E-state index >= 15 is 0 Å². The first kappa shape index (κ1) is 14.4. The van der Waals surface area contributed by atoms with Gasteiger partial charge < -0.3 is 10.2 Å². The van der Waals surface area contributed by atoms with E-state index in [1.54, 1.807) is 0 Å². The zero-order chi connectivity index (χ0) is 11.9. The summed E-state index contributed by atoms with van der Waals surface area (Å²) in [7, 11) is 0. The molecule has 0 saturated heterocycles. The molecule has 0 aliphatic carbocycles. The Morgan fingerprint density at radius 2 is 1.80 bits per heavy atom.